The van der Waals surface area contributed by atoms with Crippen molar-refractivity contribution < 1.29 is 4.39 Å². The molecule has 2 saturated heterocycles. The van der Waals surface area contributed by atoms with Crippen LogP contribution in [0.1, 0.15) is 32.1 Å². The first kappa shape index (κ1) is 23.2. The lowest BCUT2D eigenvalue weighted by Crippen LogP contribution is -2.47. The van der Waals surface area contributed by atoms with Gasteiger partial charge in [-0.25, -0.2) is 9.37 Å². The third-order valence-corrected chi connectivity index (χ3v) is 7.18. The quantitative estimate of drug-likeness (QED) is 0.649. The Hall–Kier alpha value is -1.96. The van der Waals surface area contributed by atoms with Crippen LogP contribution in [0, 0.1) is 11.7 Å². The van der Waals surface area contributed by atoms with E-state index in [1.165, 1.54) is 64.0 Å². The van der Waals surface area contributed by atoms with Crippen LogP contribution in [0.25, 0.3) is 0 Å². The molecule has 2 aliphatic heterocycles. The van der Waals surface area contributed by atoms with Crippen molar-refractivity contribution in [3.05, 3.63) is 41.3 Å². The second-order valence-corrected chi connectivity index (χ2v) is 9.63. The van der Waals surface area contributed by atoms with Crippen molar-refractivity contribution in [3.8, 4) is 0 Å². The van der Waals surface area contributed by atoms with Gasteiger partial charge in [-0.15, -0.1) is 0 Å². The van der Waals surface area contributed by atoms with E-state index in [-0.39, 0.29) is 5.82 Å². The maximum absolute atomic E-state index is 13.2. The van der Waals surface area contributed by atoms with Gasteiger partial charge in [0.05, 0.1) is 6.20 Å². The zero-order valence-electron chi connectivity index (χ0n) is 19.1. The summed E-state index contributed by atoms with van der Waals surface area (Å²) in [6.45, 7) is 5.83. The maximum Gasteiger partial charge on any atom is 0.227 e. The van der Waals surface area contributed by atoms with Gasteiger partial charge in [0.25, 0.3) is 0 Å². The first-order valence-corrected chi connectivity index (χ1v) is 12.0. The molecule has 2 fully saturated rings. The van der Waals surface area contributed by atoms with Crippen molar-refractivity contribution in [1.82, 2.24) is 19.8 Å². The molecule has 0 amide bonds. The van der Waals surface area contributed by atoms with Crippen LogP contribution >= 0.6 is 11.6 Å². The molecule has 0 aliphatic carbocycles. The standard InChI is InChI=1S/C24H34ClFN6/c1-30-12-10-21(11-13-30)32-15-8-18(9-16-32)7-14-31(2)24-27-17-22(25)23(29-24)28-20-5-3-19(26)4-6-20/h3-6,17-18,21H,7-16H2,1-2H3,(H,27,28,29). The summed E-state index contributed by atoms with van der Waals surface area (Å²) in [4.78, 5) is 16.3. The fraction of sp³-hybridized carbons (Fsp3) is 0.583. The van der Waals surface area contributed by atoms with Crippen LogP contribution in [0.5, 0.6) is 0 Å². The molecule has 0 atom stereocenters. The first-order valence-electron chi connectivity index (χ1n) is 11.7. The van der Waals surface area contributed by atoms with Gasteiger partial charge in [0.15, 0.2) is 5.82 Å². The van der Waals surface area contributed by atoms with Gasteiger partial charge < -0.3 is 20.0 Å². The van der Waals surface area contributed by atoms with E-state index in [4.69, 9.17) is 11.6 Å². The van der Waals surface area contributed by atoms with Crippen molar-refractivity contribution in [2.24, 2.45) is 5.92 Å². The molecule has 174 valence electrons. The topological polar surface area (TPSA) is 47.5 Å². The predicted molar refractivity (Wildman–Crippen MR) is 129 cm³/mol. The van der Waals surface area contributed by atoms with E-state index >= 15 is 0 Å². The molecule has 6 nitrogen and oxygen atoms in total. The summed E-state index contributed by atoms with van der Waals surface area (Å²) in [6.07, 6.45) is 7.94. The van der Waals surface area contributed by atoms with Gasteiger partial charge in [-0.05, 0) is 95.5 Å². The summed E-state index contributed by atoms with van der Waals surface area (Å²) in [5.74, 6) is 1.65. The molecule has 8 heteroatoms. The number of anilines is 3. The maximum atomic E-state index is 13.2. The van der Waals surface area contributed by atoms with Crippen LogP contribution in [-0.2, 0) is 0 Å². The Morgan fingerprint density at radius 1 is 1.09 bits per heavy atom. The normalized spacial score (nSPS) is 19.2. The van der Waals surface area contributed by atoms with Gasteiger partial charge >= 0.3 is 0 Å². The molecule has 2 aromatic rings. The molecule has 32 heavy (non-hydrogen) atoms. The van der Waals surface area contributed by atoms with Crippen LogP contribution in [0.15, 0.2) is 30.5 Å². The molecule has 0 radical (unpaired) electrons. The van der Waals surface area contributed by atoms with E-state index in [1.807, 2.05) is 7.05 Å². The fourth-order valence-corrected chi connectivity index (χ4v) is 4.88. The summed E-state index contributed by atoms with van der Waals surface area (Å²) < 4.78 is 13.2. The molecule has 0 spiro atoms. The minimum atomic E-state index is -0.276. The predicted octanol–water partition coefficient (Wildman–Crippen LogP) is 4.65. The number of benzene rings is 1. The number of piperidine rings is 2. The Balaban J connectivity index is 1.26. The monoisotopic (exact) mass is 460 g/mol. The number of nitrogens with zero attached hydrogens (tertiary/aromatic N) is 5. The van der Waals surface area contributed by atoms with Crippen molar-refractivity contribution >= 4 is 29.1 Å². The van der Waals surface area contributed by atoms with Crippen LogP contribution in [0.3, 0.4) is 0 Å². The smallest absolute Gasteiger partial charge is 0.227 e. The van der Waals surface area contributed by atoms with Crippen molar-refractivity contribution in [2.75, 3.05) is 57.0 Å². The minimum absolute atomic E-state index is 0.276. The third-order valence-electron chi connectivity index (χ3n) is 6.91. The highest BCUT2D eigenvalue weighted by Crippen LogP contribution is 2.27. The van der Waals surface area contributed by atoms with Gasteiger partial charge in [-0.2, -0.15) is 4.98 Å². The van der Waals surface area contributed by atoms with Crippen molar-refractivity contribution in [3.63, 3.8) is 0 Å². The van der Waals surface area contributed by atoms with E-state index in [9.17, 15) is 4.39 Å². The van der Waals surface area contributed by atoms with Crippen LogP contribution in [0.2, 0.25) is 5.02 Å². The molecule has 0 saturated carbocycles. The molecule has 2 aliphatic rings. The van der Waals surface area contributed by atoms with E-state index < -0.39 is 0 Å². The second kappa shape index (κ2) is 10.8. The average Bonchev–Trinajstić information content (AvgIpc) is 2.81. The number of nitrogens with one attached hydrogen (secondary N) is 1. The number of halogens is 2. The minimum Gasteiger partial charge on any atom is -0.344 e. The zero-order chi connectivity index (χ0) is 22.5. The van der Waals surface area contributed by atoms with Crippen molar-refractivity contribution in [2.45, 2.75) is 38.1 Å². The van der Waals surface area contributed by atoms with Crippen molar-refractivity contribution in [1.29, 1.82) is 0 Å². The molecular weight excluding hydrogens is 427 g/mol. The Bertz CT molecular complexity index is 863. The molecule has 1 aromatic heterocycles. The average molecular weight is 461 g/mol. The number of likely N-dealkylation sites (tertiary alicyclic amines) is 2. The zero-order valence-corrected chi connectivity index (χ0v) is 19.9. The van der Waals surface area contributed by atoms with Crippen LogP contribution in [0.4, 0.5) is 21.8 Å². The van der Waals surface area contributed by atoms with Gasteiger partial charge in [-0.1, -0.05) is 11.6 Å². The first-order chi connectivity index (χ1) is 15.5. The van der Waals surface area contributed by atoms with E-state index in [0.29, 0.717) is 16.8 Å². The molecule has 4 rings (SSSR count). The van der Waals surface area contributed by atoms with E-state index in [0.717, 1.165) is 30.6 Å². The molecule has 1 aromatic carbocycles. The number of aromatic nitrogens is 2. The highest BCUT2D eigenvalue weighted by atomic mass is 35.5. The Morgan fingerprint density at radius 3 is 2.47 bits per heavy atom. The van der Waals surface area contributed by atoms with E-state index in [2.05, 4.69) is 37.0 Å². The Kier molecular flexibility index (Phi) is 7.81. The lowest BCUT2D eigenvalue weighted by Gasteiger charge is -2.41. The number of rotatable bonds is 7. The van der Waals surface area contributed by atoms with Gasteiger partial charge in [0.2, 0.25) is 5.95 Å². The molecular formula is C24H34ClFN6. The number of hydrogen-bond donors (Lipinski definition) is 1. The molecule has 1 N–H and O–H groups in total. The van der Waals surface area contributed by atoms with Gasteiger partial charge in [-0.3, -0.25) is 0 Å². The fourth-order valence-electron chi connectivity index (χ4n) is 4.74. The summed E-state index contributed by atoms with van der Waals surface area (Å²) in [6, 6.07) is 6.92. The Labute approximate surface area is 195 Å². The van der Waals surface area contributed by atoms with E-state index in [1.54, 1.807) is 18.3 Å². The summed E-state index contributed by atoms with van der Waals surface area (Å²) in [5.41, 5.74) is 0.733. The third kappa shape index (κ3) is 6.09. The van der Waals surface area contributed by atoms with Crippen LogP contribution < -0.4 is 10.2 Å². The second-order valence-electron chi connectivity index (χ2n) is 9.22. The summed E-state index contributed by atoms with van der Waals surface area (Å²) >= 11 is 6.28. The SMILES string of the molecule is CN1CCC(N2CCC(CCN(C)c3ncc(Cl)c(Nc4ccc(F)cc4)n3)CC2)CC1. The highest BCUT2D eigenvalue weighted by Gasteiger charge is 2.27. The highest BCUT2D eigenvalue weighted by molar-refractivity contribution is 6.32. The van der Waals surface area contributed by atoms with Gasteiger partial charge in [0, 0.05) is 25.3 Å². The number of hydrogen-bond acceptors (Lipinski definition) is 6. The van der Waals surface area contributed by atoms with Crippen LogP contribution in [-0.4, -0.2) is 72.6 Å². The largest absolute Gasteiger partial charge is 0.344 e. The summed E-state index contributed by atoms with van der Waals surface area (Å²) in [5, 5.41) is 3.59. The van der Waals surface area contributed by atoms with Gasteiger partial charge in [0.1, 0.15) is 10.8 Å². The Morgan fingerprint density at radius 2 is 1.78 bits per heavy atom. The molecule has 3 heterocycles. The lowest BCUT2D eigenvalue weighted by molar-refractivity contribution is 0.0842. The molecule has 0 unspecified atom stereocenters. The lowest BCUT2D eigenvalue weighted by atomic mass is 9.91. The summed E-state index contributed by atoms with van der Waals surface area (Å²) in [7, 11) is 4.25. The molecule has 0 bridgehead atoms.